The van der Waals surface area contributed by atoms with Gasteiger partial charge in [-0.1, -0.05) is 17.7 Å². The number of benzene rings is 1. The first-order valence-corrected chi connectivity index (χ1v) is 7.55. The molecule has 0 saturated carbocycles. The molecule has 2 N–H and O–H groups in total. The first-order chi connectivity index (χ1) is 10.3. The molecule has 1 aromatic rings. The van der Waals surface area contributed by atoms with E-state index in [0.29, 0.717) is 26.3 Å². The zero-order valence-electron chi connectivity index (χ0n) is 13.0. The van der Waals surface area contributed by atoms with E-state index in [4.69, 9.17) is 9.47 Å². The van der Waals surface area contributed by atoms with E-state index in [1.54, 1.807) is 0 Å². The van der Waals surface area contributed by atoms with Gasteiger partial charge in [0.05, 0.1) is 13.2 Å². The Kier molecular flexibility index (Phi) is 8.89. The minimum Gasteiger partial charge on any atom is -0.494 e. The van der Waals surface area contributed by atoms with Gasteiger partial charge in [0, 0.05) is 19.6 Å². The van der Waals surface area contributed by atoms with Crippen LogP contribution in [0.15, 0.2) is 24.3 Å². The fourth-order valence-electron chi connectivity index (χ4n) is 2.11. The van der Waals surface area contributed by atoms with Crippen molar-refractivity contribution in [3.8, 4) is 5.75 Å². The average molecular weight is 329 g/mol. The Morgan fingerprint density at radius 2 is 2.14 bits per heavy atom. The number of amides is 1. The summed E-state index contributed by atoms with van der Waals surface area (Å²) >= 11 is 0. The van der Waals surface area contributed by atoms with Gasteiger partial charge in [0.1, 0.15) is 11.9 Å². The minimum atomic E-state index is -0.345. The summed E-state index contributed by atoms with van der Waals surface area (Å²) in [5.74, 6) is 0.868. The Balaban J connectivity index is 0.00000242. The molecular weight excluding hydrogens is 304 g/mol. The number of ether oxygens (including phenoxy) is 2. The minimum absolute atomic E-state index is 0. The van der Waals surface area contributed by atoms with Gasteiger partial charge in [-0.05, 0) is 31.9 Å². The fourth-order valence-corrected chi connectivity index (χ4v) is 2.11. The third-order valence-electron chi connectivity index (χ3n) is 3.38. The molecule has 1 fully saturated rings. The van der Waals surface area contributed by atoms with Crippen LogP contribution in [0.5, 0.6) is 5.75 Å². The molecule has 1 aliphatic heterocycles. The van der Waals surface area contributed by atoms with Crippen molar-refractivity contribution in [2.75, 3.05) is 32.8 Å². The lowest BCUT2D eigenvalue weighted by Crippen LogP contribution is -2.48. The molecule has 1 heterocycles. The number of morpholine rings is 1. The van der Waals surface area contributed by atoms with Crippen LogP contribution in [0.3, 0.4) is 0 Å². The maximum absolute atomic E-state index is 11.8. The highest BCUT2D eigenvalue weighted by molar-refractivity contribution is 5.85. The molecular formula is C16H25ClN2O3. The summed E-state index contributed by atoms with van der Waals surface area (Å²) in [4.78, 5) is 11.8. The molecule has 1 unspecified atom stereocenters. The van der Waals surface area contributed by atoms with E-state index in [9.17, 15) is 4.79 Å². The van der Waals surface area contributed by atoms with E-state index in [0.717, 1.165) is 25.1 Å². The maximum atomic E-state index is 11.8. The first kappa shape index (κ1) is 18.7. The van der Waals surface area contributed by atoms with Crippen molar-refractivity contribution in [2.24, 2.45) is 0 Å². The predicted octanol–water partition coefficient (Wildman–Crippen LogP) is 1.68. The number of halogens is 1. The van der Waals surface area contributed by atoms with Crippen LogP contribution in [0.4, 0.5) is 0 Å². The van der Waals surface area contributed by atoms with Gasteiger partial charge in [0.2, 0.25) is 5.91 Å². The monoisotopic (exact) mass is 328 g/mol. The summed E-state index contributed by atoms with van der Waals surface area (Å²) in [6, 6.07) is 8.02. The smallest absolute Gasteiger partial charge is 0.250 e. The quantitative estimate of drug-likeness (QED) is 0.748. The third kappa shape index (κ3) is 6.64. The van der Waals surface area contributed by atoms with Gasteiger partial charge in [-0.3, -0.25) is 4.79 Å². The van der Waals surface area contributed by atoms with E-state index in [1.165, 1.54) is 5.56 Å². The van der Waals surface area contributed by atoms with Gasteiger partial charge in [0.15, 0.2) is 0 Å². The number of rotatable bonds is 7. The summed E-state index contributed by atoms with van der Waals surface area (Å²) in [7, 11) is 0. The number of carbonyl (C=O) groups excluding carboxylic acids is 1. The highest BCUT2D eigenvalue weighted by Crippen LogP contribution is 2.11. The fraction of sp³-hybridized carbons (Fsp3) is 0.562. The standard InChI is InChI=1S/C16H24N2O3.ClH/c1-13-4-6-14(7-5-13)20-10-3-2-8-18-16(19)15-12-17-9-11-21-15;/h4-7,15,17H,2-3,8-12H2,1H3,(H,18,19);1H. The van der Waals surface area contributed by atoms with Gasteiger partial charge in [-0.2, -0.15) is 0 Å². The van der Waals surface area contributed by atoms with Gasteiger partial charge < -0.3 is 20.1 Å². The SMILES string of the molecule is Cc1ccc(OCCCCNC(=O)C2CNCCO2)cc1.Cl. The molecule has 5 nitrogen and oxygen atoms in total. The third-order valence-corrected chi connectivity index (χ3v) is 3.38. The van der Waals surface area contributed by atoms with Crippen LogP contribution in [0, 0.1) is 6.92 Å². The van der Waals surface area contributed by atoms with Crippen molar-refractivity contribution >= 4 is 18.3 Å². The number of nitrogens with one attached hydrogen (secondary N) is 2. The van der Waals surface area contributed by atoms with E-state index in [2.05, 4.69) is 17.6 Å². The van der Waals surface area contributed by atoms with Gasteiger partial charge >= 0.3 is 0 Å². The Morgan fingerprint density at radius 3 is 2.82 bits per heavy atom. The molecule has 0 radical (unpaired) electrons. The number of hydrogen-bond donors (Lipinski definition) is 2. The summed E-state index contributed by atoms with van der Waals surface area (Å²) in [6.45, 7) is 5.40. The number of unbranched alkanes of at least 4 members (excludes halogenated alkanes) is 1. The molecule has 0 bridgehead atoms. The van der Waals surface area contributed by atoms with Gasteiger partial charge in [-0.25, -0.2) is 0 Å². The number of carbonyl (C=O) groups is 1. The van der Waals surface area contributed by atoms with Gasteiger partial charge in [0.25, 0.3) is 0 Å². The second-order valence-corrected chi connectivity index (χ2v) is 5.22. The lowest BCUT2D eigenvalue weighted by atomic mass is 10.2. The summed E-state index contributed by atoms with van der Waals surface area (Å²) < 4.78 is 11.0. The largest absolute Gasteiger partial charge is 0.494 e. The van der Waals surface area contributed by atoms with Crippen LogP contribution in [0.25, 0.3) is 0 Å². The Bertz CT molecular complexity index is 434. The molecule has 1 aliphatic rings. The highest BCUT2D eigenvalue weighted by Gasteiger charge is 2.20. The van der Waals surface area contributed by atoms with E-state index in [-0.39, 0.29) is 24.4 Å². The van der Waals surface area contributed by atoms with Crippen LogP contribution < -0.4 is 15.4 Å². The van der Waals surface area contributed by atoms with Crippen molar-refractivity contribution < 1.29 is 14.3 Å². The lowest BCUT2D eigenvalue weighted by molar-refractivity contribution is -0.134. The molecule has 1 saturated heterocycles. The lowest BCUT2D eigenvalue weighted by Gasteiger charge is -2.22. The van der Waals surface area contributed by atoms with Gasteiger partial charge in [-0.15, -0.1) is 12.4 Å². The maximum Gasteiger partial charge on any atom is 0.250 e. The van der Waals surface area contributed by atoms with Crippen molar-refractivity contribution in [3.05, 3.63) is 29.8 Å². The van der Waals surface area contributed by atoms with Crippen molar-refractivity contribution in [1.82, 2.24) is 10.6 Å². The topological polar surface area (TPSA) is 59.6 Å². The Morgan fingerprint density at radius 1 is 1.36 bits per heavy atom. The molecule has 124 valence electrons. The molecule has 1 aromatic carbocycles. The summed E-state index contributed by atoms with van der Waals surface area (Å²) in [5, 5.41) is 6.04. The molecule has 2 rings (SSSR count). The van der Waals surface area contributed by atoms with Crippen molar-refractivity contribution in [2.45, 2.75) is 25.9 Å². The van der Waals surface area contributed by atoms with E-state index >= 15 is 0 Å². The second-order valence-electron chi connectivity index (χ2n) is 5.22. The van der Waals surface area contributed by atoms with Crippen LogP contribution in [0.2, 0.25) is 0 Å². The molecule has 0 spiro atoms. The normalized spacial score (nSPS) is 17.4. The van der Waals surface area contributed by atoms with Crippen LogP contribution in [0.1, 0.15) is 18.4 Å². The van der Waals surface area contributed by atoms with Crippen LogP contribution in [-0.2, 0) is 9.53 Å². The molecule has 1 atom stereocenters. The van der Waals surface area contributed by atoms with E-state index < -0.39 is 0 Å². The molecule has 22 heavy (non-hydrogen) atoms. The van der Waals surface area contributed by atoms with Crippen LogP contribution in [-0.4, -0.2) is 44.9 Å². The zero-order chi connectivity index (χ0) is 14.9. The van der Waals surface area contributed by atoms with Crippen LogP contribution >= 0.6 is 12.4 Å². The Labute approximate surface area is 138 Å². The summed E-state index contributed by atoms with van der Waals surface area (Å²) in [5.41, 5.74) is 1.23. The number of hydrogen-bond acceptors (Lipinski definition) is 4. The van der Waals surface area contributed by atoms with Crippen molar-refractivity contribution in [1.29, 1.82) is 0 Å². The highest BCUT2D eigenvalue weighted by atomic mass is 35.5. The first-order valence-electron chi connectivity index (χ1n) is 7.55. The molecule has 1 amide bonds. The zero-order valence-corrected chi connectivity index (χ0v) is 13.8. The van der Waals surface area contributed by atoms with Crippen molar-refractivity contribution in [3.63, 3.8) is 0 Å². The Hall–Kier alpha value is -1.30. The van der Waals surface area contributed by atoms with E-state index in [1.807, 2.05) is 24.3 Å². The summed E-state index contributed by atoms with van der Waals surface area (Å²) in [6.07, 6.45) is 1.47. The second kappa shape index (κ2) is 10.4. The molecule has 0 aliphatic carbocycles. The molecule has 6 heteroatoms. The predicted molar refractivity (Wildman–Crippen MR) is 88.8 cm³/mol. The molecule has 0 aromatic heterocycles. The average Bonchev–Trinajstić information content (AvgIpc) is 2.53. The number of aryl methyl sites for hydroxylation is 1.